The Bertz CT molecular complexity index is 709. The van der Waals surface area contributed by atoms with Gasteiger partial charge in [0.25, 0.3) is 0 Å². The minimum absolute atomic E-state index is 0.284. The van der Waals surface area contributed by atoms with Gasteiger partial charge in [-0.3, -0.25) is 0 Å². The molecule has 2 aromatic rings. The fourth-order valence-corrected chi connectivity index (χ4v) is 2.30. The Morgan fingerprint density at radius 2 is 2.24 bits per heavy atom. The molecule has 1 aliphatic rings. The first-order valence-electron chi connectivity index (χ1n) is 6.94. The standard InChI is InChI=1S/C14H17N7/c1-8-5-12(18-7-17-8)21-13(16)11(6-15)14(20-21)19-9(2)10-3-4-10/h5,7,9-10H,3-4,16H2,1-2H3,(H,19,20). The van der Waals surface area contributed by atoms with Crippen molar-refractivity contribution in [3.05, 3.63) is 23.7 Å². The summed E-state index contributed by atoms with van der Waals surface area (Å²) in [5.74, 6) is 2.03. The number of aryl methyl sites for hydroxylation is 1. The molecule has 3 N–H and O–H groups in total. The summed E-state index contributed by atoms with van der Waals surface area (Å²) in [6.45, 7) is 3.97. The maximum absolute atomic E-state index is 9.33. The number of hydrogen-bond donors (Lipinski definition) is 2. The Kier molecular flexibility index (Phi) is 3.22. The average molecular weight is 283 g/mol. The van der Waals surface area contributed by atoms with Crippen LogP contribution in [0.3, 0.4) is 0 Å². The normalized spacial score (nSPS) is 15.5. The van der Waals surface area contributed by atoms with Gasteiger partial charge >= 0.3 is 0 Å². The van der Waals surface area contributed by atoms with Gasteiger partial charge in [-0.2, -0.15) is 9.94 Å². The summed E-state index contributed by atoms with van der Waals surface area (Å²) in [6.07, 6.45) is 3.90. The van der Waals surface area contributed by atoms with Crippen molar-refractivity contribution >= 4 is 11.6 Å². The van der Waals surface area contributed by atoms with Crippen molar-refractivity contribution in [2.75, 3.05) is 11.1 Å². The largest absolute Gasteiger partial charge is 0.382 e. The molecule has 1 unspecified atom stereocenters. The second-order valence-corrected chi connectivity index (χ2v) is 5.42. The van der Waals surface area contributed by atoms with Crippen LogP contribution in [0.5, 0.6) is 0 Å². The SMILES string of the molecule is Cc1cc(-n2nc(NC(C)C3CC3)c(C#N)c2N)ncn1. The highest BCUT2D eigenvalue weighted by Gasteiger charge is 2.29. The highest BCUT2D eigenvalue weighted by Crippen LogP contribution is 2.35. The maximum Gasteiger partial charge on any atom is 0.169 e. The molecule has 21 heavy (non-hydrogen) atoms. The third-order valence-electron chi connectivity index (χ3n) is 3.73. The predicted octanol–water partition coefficient (Wildman–Crippen LogP) is 1.63. The van der Waals surface area contributed by atoms with E-state index >= 15 is 0 Å². The molecule has 1 atom stereocenters. The van der Waals surface area contributed by atoms with Crippen LogP contribution in [-0.2, 0) is 0 Å². The lowest BCUT2D eigenvalue weighted by atomic mass is 10.2. The molecule has 0 amide bonds. The zero-order chi connectivity index (χ0) is 15.0. The molecule has 1 aliphatic carbocycles. The van der Waals surface area contributed by atoms with E-state index in [0.717, 1.165) is 5.69 Å². The number of hydrogen-bond acceptors (Lipinski definition) is 6. The summed E-state index contributed by atoms with van der Waals surface area (Å²) >= 11 is 0. The third kappa shape index (κ3) is 2.52. The van der Waals surface area contributed by atoms with Crippen LogP contribution in [0, 0.1) is 24.2 Å². The van der Waals surface area contributed by atoms with Gasteiger partial charge in [-0.15, -0.1) is 5.10 Å². The molecule has 2 aromatic heterocycles. The van der Waals surface area contributed by atoms with Crippen LogP contribution in [0.15, 0.2) is 12.4 Å². The second-order valence-electron chi connectivity index (χ2n) is 5.42. The Balaban J connectivity index is 1.98. The Morgan fingerprint density at radius 3 is 2.86 bits per heavy atom. The van der Waals surface area contributed by atoms with Crippen LogP contribution >= 0.6 is 0 Å². The summed E-state index contributed by atoms with van der Waals surface area (Å²) in [7, 11) is 0. The van der Waals surface area contributed by atoms with Crippen molar-refractivity contribution in [2.24, 2.45) is 5.92 Å². The van der Waals surface area contributed by atoms with Crippen molar-refractivity contribution < 1.29 is 0 Å². The molecule has 0 saturated heterocycles. The number of nitrogens with two attached hydrogens (primary N) is 1. The van der Waals surface area contributed by atoms with E-state index in [1.807, 2.05) is 6.92 Å². The third-order valence-corrected chi connectivity index (χ3v) is 3.73. The molecule has 1 fully saturated rings. The monoisotopic (exact) mass is 283 g/mol. The smallest absolute Gasteiger partial charge is 0.169 e. The lowest BCUT2D eigenvalue weighted by Gasteiger charge is -2.11. The van der Waals surface area contributed by atoms with E-state index in [-0.39, 0.29) is 6.04 Å². The van der Waals surface area contributed by atoms with Crippen LogP contribution in [0.2, 0.25) is 0 Å². The van der Waals surface area contributed by atoms with Gasteiger partial charge in [-0.1, -0.05) is 0 Å². The number of anilines is 2. The summed E-state index contributed by atoms with van der Waals surface area (Å²) in [5, 5.41) is 17.0. The molecule has 0 aliphatic heterocycles. The molecule has 0 bridgehead atoms. The highest BCUT2D eigenvalue weighted by atomic mass is 15.4. The van der Waals surface area contributed by atoms with E-state index in [1.54, 1.807) is 6.07 Å². The summed E-state index contributed by atoms with van der Waals surface area (Å²) in [5.41, 5.74) is 7.22. The number of nitriles is 1. The van der Waals surface area contributed by atoms with Crippen molar-refractivity contribution in [3.8, 4) is 11.9 Å². The molecule has 0 radical (unpaired) electrons. The molecule has 7 nitrogen and oxygen atoms in total. The fourth-order valence-electron chi connectivity index (χ4n) is 2.30. The number of nitrogens with zero attached hydrogens (tertiary/aromatic N) is 5. The molecule has 1 saturated carbocycles. The van der Waals surface area contributed by atoms with Gasteiger partial charge in [0.05, 0.1) is 0 Å². The Morgan fingerprint density at radius 1 is 1.48 bits per heavy atom. The molecule has 0 aromatic carbocycles. The molecule has 3 rings (SSSR count). The lowest BCUT2D eigenvalue weighted by Crippen LogP contribution is -2.18. The van der Waals surface area contributed by atoms with Crippen LogP contribution < -0.4 is 11.1 Å². The van der Waals surface area contributed by atoms with E-state index in [2.05, 4.69) is 33.4 Å². The number of nitrogen functional groups attached to an aromatic ring is 1. The first-order valence-corrected chi connectivity index (χ1v) is 6.94. The maximum atomic E-state index is 9.33. The van der Waals surface area contributed by atoms with E-state index in [9.17, 15) is 5.26 Å². The molecule has 108 valence electrons. The number of rotatable bonds is 4. The second kappa shape index (κ2) is 5.05. The number of nitrogens with one attached hydrogen (secondary N) is 1. The van der Waals surface area contributed by atoms with Gasteiger partial charge in [0.15, 0.2) is 11.6 Å². The van der Waals surface area contributed by atoms with Crippen LogP contribution in [0.25, 0.3) is 5.82 Å². The number of aromatic nitrogens is 4. The highest BCUT2D eigenvalue weighted by molar-refractivity contribution is 5.65. The van der Waals surface area contributed by atoms with Gasteiger partial charge in [-0.05, 0) is 32.6 Å². The van der Waals surface area contributed by atoms with Crippen molar-refractivity contribution in [3.63, 3.8) is 0 Å². The Hall–Kier alpha value is -2.62. The first-order chi connectivity index (χ1) is 10.1. The molecule has 2 heterocycles. The summed E-state index contributed by atoms with van der Waals surface area (Å²) in [6, 6.07) is 4.18. The topological polar surface area (TPSA) is 105 Å². The van der Waals surface area contributed by atoms with Crippen molar-refractivity contribution in [2.45, 2.75) is 32.7 Å². The van der Waals surface area contributed by atoms with Gasteiger partial charge in [0.1, 0.15) is 23.8 Å². The van der Waals surface area contributed by atoms with Gasteiger partial charge in [-0.25, -0.2) is 9.97 Å². The molecule has 7 heteroatoms. The van der Waals surface area contributed by atoms with Crippen molar-refractivity contribution in [1.82, 2.24) is 19.7 Å². The minimum Gasteiger partial charge on any atom is -0.382 e. The molecule has 0 spiro atoms. The first kappa shape index (κ1) is 13.4. The summed E-state index contributed by atoms with van der Waals surface area (Å²) in [4.78, 5) is 8.21. The molecular weight excluding hydrogens is 266 g/mol. The average Bonchev–Trinajstić information content (AvgIpc) is 3.25. The van der Waals surface area contributed by atoms with E-state index in [0.29, 0.717) is 28.9 Å². The van der Waals surface area contributed by atoms with Crippen LogP contribution in [-0.4, -0.2) is 25.8 Å². The van der Waals surface area contributed by atoms with Crippen LogP contribution in [0.1, 0.15) is 31.0 Å². The zero-order valence-electron chi connectivity index (χ0n) is 12.0. The summed E-state index contributed by atoms with van der Waals surface area (Å²) < 4.78 is 1.48. The zero-order valence-corrected chi connectivity index (χ0v) is 12.0. The van der Waals surface area contributed by atoms with E-state index in [1.165, 1.54) is 23.9 Å². The van der Waals surface area contributed by atoms with Crippen LogP contribution in [0.4, 0.5) is 11.6 Å². The molecular formula is C14H17N7. The van der Waals surface area contributed by atoms with E-state index in [4.69, 9.17) is 5.73 Å². The van der Waals surface area contributed by atoms with Gasteiger partial charge in [0, 0.05) is 17.8 Å². The van der Waals surface area contributed by atoms with Gasteiger partial charge in [0.2, 0.25) is 0 Å². The minimum atomic E-state index is 0.284. The Labute approximate surface area is 122 Å². The van der Waals surface area contributed by atoms with Crippen molar-refractivity contribution in [1.29, 1.82) is 5.26 Å². The lowest BCUT2D eigenvalue weighted by molar-refractivity contribution is 0.687. The quantitative estimate of drug-likeness (QED) is 0.883. The van der Waals surface area contributed by atoms with E-state index < -0.39 is 0 Å². The fraction of sp³-hybridized carbons (Fsp3) is 0.429. The predicted molar refractivity (Wildman–Crippen MR) is 78.8 cm³/mol. The van der Waals surface area contributed by atoms with Gasteiger partial charge < -0.3 is 11.1 Å².